The minimum atomic E-state index is -4.55. The Hall–Kier alpha value is -2.58. The van der Waals surface area contributed by atoms with Crippen LogP contribution >= 0.6 is 7.82 Å². The molecule has 0 rings (SSSR count). The second-order valence-electron chi connectivity index (χ2n) is 19.6. The van der Waals surface area contributed by atoms with Crippen molar-refractivity contribution < 1.29 is 37.3 Å². The van der Waals surface area contributed by atoms with Gasteiger partial charge < -0.3 is 27.9 Å². The Balaban J connectivity index is 4.17. The van der Waals surface area contributed by atoms with E-state index >= 15 is 0 Å². The first-order chi connectivity index (χ1) is 33.6. The van der Waals surface area contributed by atoms with Gasteiger partial charge in [-0.15, -0.1) is 0 Å². The molecule has 0 aliphatic rings. The van der Waals surface area contributed by atoms with Crippen molar-refractivity contribution in [1.29, 1.82) is 0 Å². The van der Waals surface area contributed by atoms with Crippen LogP contribution in [0.5, 0.6) is 0 Å². The third-order valence-corrected chi connectivity index (χ3v) is 12.6. The van der Waals surface area contributed by atoms with E-state index in [1.807, 2.05) is 21.1 Å². The second kappa shape index (κ2) is 51.8. The van der Waals surface area contributed by atoms with Gasteiger partial charge in [-0.1, -0.05) is 214 Å². The van der Waals surface area contributed by atoms with Gasteiger partial charge in [0.25, 0.3) is 7.82 Å². The number of quaternary nitrogens is 1. The average molecular weight is 984 g/mol. The molecular formula is C60H106NO7P. The summed E-state index contributed by atoms with van der Waals surface area (Å²) in [6.45, 7) is 5.23. The van der Waals surface area contributed by atoms with Crippen LogP contribution in [-0.4, -0.2) is 70.7 Å². The lowest BCUT2D eigenvalue weighted by Crippen LogP contribution is -2.37. The van der Waals surface area contributed by atoms with E-state index in [-0.39, 0.29) is 32.2 Å². The Bertz CT molecular complexity index is 1420. The molecule has 9 heteroatoms. The molecule has 0 heterocycles. The van der Waals surface area contributed by atoms with Crippen LogP contribution in [0.15, 0.2) is 97.2 Å². The summed E-state index contributed by atoms with van der Waals surface area (Å²) >= 11 is 0. The quantitative estimate of drug-likeness (QED) is 0.0197. The Morgan fingerprint density at radius 3 is 1.26 bits per heavy atom. The van der Waals surface area contributed by atoms with E-state index in [4.69, 9.17) is 18.5 Å². The van der Waals surface area contributed by atoms with Crippen LogP contribution in [0.4, 0.5) is 0 Å². The highest BCUT2D eigenvalue weighted by Crippen LogP contribution is 2.38. The van der Waals surface area contributed by atoms with Crippen molar-refractivity contribution in [2.75, 3.05) is 54.1 Å². The van der Waals surface area contributed by atoms with Gasteiger partial charge in [0.2, 0.25) is 0 Å². The van der Waals surface area contributed by atoms with E-state index in [0.717, 1.165) is 70.6 Å². The van der Waals surface area contributed by atoms with E-state index < -0.39 is 13.9 Å². The normalized spacial score (nSPS) is 14.2. The lowest BCUT2D eigenvalue weighted by Gasteiger charge is -2.28. The van der Waals surface area contributed by atoms with Gasteiger partial charge in [0.05, 0.1) is 34.4 Å². The number of allylic oxidation sites excluding steroid dienone is 16. The summed E-state index contributed by atoms with van der Waals surface area (Å²) in [6.07, 6.45) is 71.7. The summed E-state index contributed by atoms with van der Waals surface area (Å²) in [4.78, 5) is 25.2. The molecule has 0 aliphatic carbocycles. The number of phosphoric ester groups is 1. The molecule has 0 aromatic carbocycles. The standard InChI is InChI=1S/C60H106NO7P/c1-6-8-10-12-14-16-18-20-22-24-26-28-29-30-31-32-34-36-38-40-42-44-46-48-50-52-55-65-57-59(58-67-69(63,64)66-56-54-61(3,4)5)68-60(62)53-51-49-47-45-43-41-39-37-35-33-27-25-23-21-19-17-15-13-11-9-7-2/h9,11,15,17-18,20-21,23-24,26-27,33,37,39,43,45,59H,6-8,10,12-14,16,19,22,25,28-32,34-36,38,40-42,44,46-58H2,1-5H3/b11-9-,17-15-,20-18-,23-21-,26-24-,33-27-,39-37-,45-43-. The molecule has 2 unspecified atom stereocenters. The maximum atomic E-state index is 12.8. The van der Waals surface area contributed by atoms with Gasteiger partial charge in [-0.3, -0.25) is 9.36 Å². The number of esters is 1. The monoisotopic (exact) mass is 984 g/mol. The first kappa shape index (κ1) is 66.4. The SMILES string of the molecule is CC/C=C\C/C=C\C/C=C\C/C=C\C/C=C\C/C=C\CCCCC(=O)OC(COCCCCCCCCCCCCCCCC/C=C\C/C=C\CCCCCCC)COP(=O)([O-])OCC[N+](C)(C)C. The number of carbonyl (C=O) groups excluding carboxylic acids is 1. The third-order valence-electron chi connectivity index (χ3n) is 11.6. The number of hydrogen-bond donors (Lipinski definition) is 0. The maximum Gasteiger partial charge on any atom is 0.306 e. The molecule has 0 radical (unpaired) electrons. The zero-order chi connectivity index (χ0) is 50.5. The molecule has 398 valence electrons. The highest BCUT2D eigenvalue weighted by molar-refractivity contribution is 7.45. The van der Waals surface area contributed by atoms with Crippen LogP contribution in [0.2, 0.25) is 0 Å². The van der Waals surface area contributed by atoms with E-state index in [9.17, 15) is 14.3 Å². The molecule has 0 amide bonds. The fraction of sp³-hybridized carbons (Fsp3) is 0.717. The molecule has 0 spiro atoms. The highest BCUT2D eigenvalue weighted by atomic mass is 31.2. The minimum absolute atomic E-state index is 0.0127. The van der Waals surface area contributed by atoms with Crippen molar-refractivity contribution in [2.45, 2.75) is 225 Å². The summed E-state index contributed by atoms with van der Waals surface area (Å²) in [7, 11) is 1.32. The zero-order valence-corrected chi connectivity index (χ0v) is 46.1. The molecule has 0 aliphatic heterocycles. The number of rotatable bonds is 51. The van der Waals surface area contributed by atoms with Crippen LogP contribution in [0.25, 0.3) is 0 Å². The van der Waals surface area contributed by atoms with Gasteiger partial charge >= 0.3 is 5.97 Å². The molecule has 0 aromatic rings. The smallest absolute Gasteiger partial charge is 0.306 e. The van der Waals surface area contributed by atoms with E-state index in [0.29, 0.717) is 24.1 Å². The number of nitrogens with zero attached hydrogens (tertiary/aromatic N) is 1. The van der Waals surface area contributed by atoms with Gasteiger partial charge in [-0.05, 0) is 96.3 Å². The lowest BCUT2D eigenvalue weighted by molar-refractivity contribution is -0.870. The summed E-state index contributed by atoms with van der Waals surface area (Å²) in [5.41, 5.74) is 0. The summed E-state index contributed by atoms with van der Waals surface area (Å²) in [6, 6.07) is 0. The molecular weight excluding hydrogens is 878 g/mol. The number of likely N-dealkylation sites (N-methyl/N-ethyl adjacent to an activating group) is 1. The molecule has 2 atom stereocenters. The predicted octanol–water partition coefficient (Wildman–Crippen LogP) is 17.1. The highest BCUT2D eigenvalue weighted by Gasteiger charge is 2.20. The fourth-order valence-corrected chi connectivity index (χ4v) is 8.07. The van der Waals surface area contributed by atoms with Gasteiger partial charge in [0, 0.05) is 13.0 Å². The maximum absolute atomic E-state index is 12.8. The number of hydrogen-bond acceptors (Lipinski definition) is 7. The molecule has 0 N–H and O–H groups in total. The van der Waals surface area contributed by atoms with Crippen LogP contribution in [0.3, 0.4) is 0 Å². The van der Waals surface area contributed by atoms with Crippen LogP contribution < -0.4 is 4.89 Å². The number of phosphoric acid groups is 1. The lowest BCUT2D eigenvalue weighted by atomic mass is 10.0. The second-order valence-corrected chi connectivity index (χ2v) is 21.0. The summed E-state index contributed by atoms with van der Waals surface area (Å²) in [5.74, 6) is -0.377. The number of carbonyl (C=O) groups is 1. The summed E-state index contributed by atoms with van der Waals surface area (Å²) < 4.78 is 34.8. The van der Waals surface area contributed by atoms with Crippen LogP contribution in [0.1, 0.15) is 219 Å². The third kappa shape index (κ3) is 56.2. The van der Waals surface area contributed by atoms with Crippen LogP contribution in [0, 0.1) is 0 Å². The van der Waals surface area contributed by atoms with Crippen molar-refractivity contribution in [1.82, 2.24) is 0 Å². The first-order valence-corrected chi connectivity index (χ1v) is 29.4. The summed E-state index contributed by atoms with van der Waals surface area (Å²) in [5, 5.41) is 0. The van der Waals surface area contributed by atoms with Crippen molar-refractivity contribution in [3.8, 4) is 0 Å². The topological polar surface area (TPSA) is 94.1 Å². The average Bonchev–Trinajstić information content (AvgIpc) is 3.31. The first-order valence-electron chi connectivity index (χ1n) is 28.0. The van der Waals surface area contributed by atoms with E-state index in [1.54, 1.807) is 0 Å². The van der Waals surface area contributed by atoms with Gasteiger partial charge in [0.15, 0.2) is 0 Å². The van der Waals surface area contributed by atoms with Crippen LogP contribution in [-0.2, 0) is 27.9 Å². The molecule has 0 bridgehead atoms. The zero-order valence-electron chi connectivity index (χ0n) is 45.2. The predicted molar refractivity (Wildman–Crippen MR) is 295 cm³/mol. The van der Waals surface area contributed by atoms with E-state index in [1.165, 1.54) is 122 Å². The largest absolute Gasteiger partial charge is 0.756 e. The van der Waals surface area contributed by atoms with Crippen molar-refractivity contribution in [2.24, 2.45) is 0 Å². The van der Waals surface area contributed by atoms with Gasteiger partial charge in [0.1, 0.15) is 19.3 Å². The Morgan fingerprint density at radius 1 is 0.464 bits per heavy atom. The minimum Gasteiger partial charge on any atom is -0.756 e. The van der Waals surface area contributed by atoms with Gasteiger partial charge in [-0.25, -0.2) is 0 Å². The Morgan fingerprint density at radius 2 is 0.841 bits per heavy atom. The fourth-order valence-electron chi connectivity index (χ4n) is 7.35. The van der Waals surface area contributed by atoms with Crippen molar-refractivity contribution >= 4 is 13.8 Å². The number of ether oxygens (including phenoxy) is 2. The van der Waals surface area contributed by atoms with Gasteiger partial charge in [-0.2, -0.15) is 0 Å². The molecule has 8 nitrogen and oxygen atoms in total. The Kier molecular flexibility index (Phi) is 49.8. The molecule has 0 saturated carbocycles. The molecule has 0 fully saturated rings. The molecule has 69 heavy (non-hydrogen) atoms. The Labute approximate surface area is 426 Å². The number of unbranched alkanes of at least 4 members (excludes halogenated alkanes) is 21. The van der Waals surface area contributed by atoms with Crippen molar-refractivity contribution in [3.63, 3.8) is 0 Å². The molecule has 0 saturated heterocycles. The van der Waals surface area contributed by atoms with Crippen molar-refractivity contribution in [3.05, 3.63) is 97.2 Å². The van der Waals surface area contributed by atoms with E-state index in [2.05, 4.69) is 111 Å². The molecule has 0 aromatic heterocycles.